The van der Waals surface area contributed by atoms with Crippen LogP contribution in [0.15, 0.2) is 48.5 Å². The van der Waals surface area contributed by atoms with E-state index >= 15 is 0 Å². The van der Waals surface area contributed by atoms with Crippen LogP contribution in [0.4, 0.5) is 8.78 Å². The number of benzene rings is 2. The van der Waals surface area contributed by atoms with Crippen LogP contribution in [-0.2, 0) is 10.2 Å². The van der Waals surface area contributed by atoms with Gasteiger partial charge in [-0.05, 0) is 37.5 Å². The van der Waals surface area contributed by atoms with Crippen molar-refractivity contribution < 1.29 is 13.6 Å². The van der Waals surface area contributed by atoms with E-state index in [9.17, 15) is 13.6 Å². The number of carbonyl (C=O) groups excluding carboxylic acids is 1. The lowest BCUT2D eigenvalue weighted by molar-refractivity contribution is -0.118. The van der Waals surface area contributed by atoms with Crippen LogP contribution in [0.5, 0.6) is 0 Å². The van der Waals surface area contributed by atoms with Crippen LogP contribution < -0.4 is 5.32 Å². The number of hydrogen-bond donors (Lipinski definition) is 1. The molecule has 1 fully saturated rings. The molecule has 0 spiro atoms. The second-order valence-electron chi connectivity index (χ2n) is 6.51. The van der Waals surface area contributed by atoms with Crippen molar-refractivity contribution in [3.63, 3.8) is 0 Å². The first kappa shape index (κ1) is 17.9. The smallest absolute Gasteiger partial charge is 0.230 e. The van der Waals surface area contributed by atoms with Gasteiger partial charge in [0.05, 0.1) is 5.75 Å². The van der Waals surface area contributed by atoms with Gasteiger partial charge in [-0.2, -0.15) is 0 Å². The SMILES string of the molecule is CC(SCC(=O)NCC1(c2ccccc2)CC1)c1c(F)cccc1F. The van der Waals surface area contributed by atoms with Gasteiger partial charge in [0.25, 0.3) is 0 Å². The molecule has 0 heterocycles. The van der Waals surface area contributed by atoms with Crippen LogP contribution in [0.25, 0.3) is 0 Å². The number of carbonyl (C=O) groups is 1. The molecule has 1 atom stereocenters. The molecule has 1 saturated carbocycles. The third-order valence-corrected chi connectivity index (χ3v) is 5.90. The van der Waals surface area contributed by atoms with Gasteiger partial charge in [-0.15, -0.1) is 11.8 Å². The highest BCUT2D eigenvalue weighted by Crippen LogP contribution is 2.47. The fraction of sp³-hybridized carbons (Fsp3) is 0.350. The summed E-state index contributed by atoms with van der Waals surface area (Å²) in [7, 11) is 0. The first-order chi connectivity index (χ1) is 12.0. The lowest BCUT2D eigenvalue weighted by atomic mass is 9.96. The van der Waals surface area contributed by atoms with Gasteiger partial charge in [-0.3, -0.25) is 4.79 Å². The van der Waals surface area contributed by atoms with E-state index in [0.717, 1.165) is 12.8 Å². The number of halogens is 2. The lowest BCUT2D eigenvalue weighted by Gasteiger charge is -2.17. The minimum absolute atomic E-state index is 0.0308. The Morgan fingerprint density at radius 3 is 2.36 bits per heavy atom. The van der Waals surface area contributed by atoms with Crippen LogP contribution in [0.3, 0.4) is 0 Å². The van der Waals surface area contributed by atoms with Crippen molar-refractivity contribution in [3.8, 4) is 0 Å². The zero-order valence-corrected chi connectivity index (χ0v) is 14.9. The second kappa shape index (κ2) is 7.56. The molecule has 1 aliphatic rings. The van der Waals surface area contributed by atoms with Gasteiger partial charge in [0, 0.05) is 22.8 Å². The summed E-state index contributed by atoms with van der Waals surface area (Å²) in [5, 5.41) is 2.55. The van der Waals surface area contributed by atoms with Crippen molar-refractivity contribution in [1.29, 1.82) is 0 Å². The minimum atomic E-state index is -0.568. The molecule has 1 unspecified atom stereocenters. The normalized spacial score (nSPS) is 16.3. The van der Waals surface area contributed by atoms with E-state index in [1.165, 1.54) is 35.5 Å². The molecule has 1 N–H and O–H groups in total. The molecule has 0 bridgehead atoms. The van der Waals surface area contributed by atoms with Crippen molar-refractivity contribution in [1.82, 2.24) is 5.32 Å². The zero-order chi connectivity index (χ0) is 17.9. The lowest BCUT2D eigenvalue weighted by Crippen LogP contribution is -2.33. The van der Waals surface area contributed by atoms with Crippen LogP contribution in [-0.4, -0.2) is 18.2 Å². The van der Waals surface area contributed by atoms with Gasteiger partial charge in [0.2, 0.25) is 5.91 Å². The number of thioether (sulfide) groups is 1. The predicted octanol–water partition coefficient (Wildman–Crippen LogP) is 4.61. The summed E-state index contributed by atoms with van der Waals surface area (Å²) in [6.45, 7) is 2.32. The number of rotatable bonds is 7. The Morgan fingerprint density at radius 2 is 1.76 bits per heavy atom. The Labute approximate surface area is 151 Å². The quantitative estimate of drug-likeness (QED) is 0.780. The maximum absolute atomic E-state index is 13.8. The first-order valence-corrected chi connectivity index (χ1v) is 9.44. The average molecular weight is 361 g/mol. The molecular formula is C20H21F2NOS. The van der Waals surface area contributed by atoms with Gasteiger partial charge in [0.1, 0.15) is 11.6 Å². The number of nitrogens with one attached hydrogen (secondary N) is 1. The van der Waals surface area contributed by atoms with E-state index < -0.39 is 16.9 Å². The Morgan fingerprint density at radius 1 is 1.12 bits per heavy atom. The Hall–Kier alpha value is -1.88. The maximum Gasteiger partial charge on any atom is 0.230 e. The molecule has 3 rings (SSSR count). The second-order valence-corrected chi connectivity index (χ2v) is 7.84. The number of hydrogen-bond acceptors (Lipinski definition) is 2. The maximum atomic E-state index is 13.8. The molecule has 0 aliphatic heterocycles. The van der Waals surface area contributed by atoms with Crippen LogP contribution >= 0.6 is 11.8 Å². The Balaban J connectivity index is 1.50. The van der Waals surface area contributed by atoms with Gasteiger partial charge < -0.3 is 5.32 Å². The van der Waals surface area contributed by atoms with E-state index in [1.54, 1.807) is 6.92 Å². The van der Waals surface area contributed by atoms with Crippen LogP contribution in [0.1, 0.15) is 36.1 Å². The minimum Gasteiger partial charge on any atom is -0.354 e. The van der Waals surface area contributed by atoms with Crippen molar-refractivity contribution in [2.24, 2.45) is 0 Å². The highest BCUT2D eigenvalue weighted by atomic mass is 32.2. The van der Waals surface area contributed by atoms with E-state index in [1.807, 2.05) is 18.2 Å². The molecule has 1 amide bonds. The Bertz CT molecular complexity index is 726. The van der Waals surface area contributed by atoms with Gasteiger partial charge in [0.15, 0.2) is 0 Å². The third kappa shape index (κ3) is 4.21. The zero-order valence-electron chi connectivity index (χ0n) is 14.1. The molecule has 1 aliphatic carbocycles. The Kier molecular flexibility index (Phi) is 5.42. The molecule has 5 heteroatoms. The molecular weight excluding hydrogens is 340 g/mol. The highest BCUT2D eigenvalue weighted by molar-refractivity contribution is 8.00. The van der Waals surface area contributed by atoms with Crippen LogP contribution in [0, 0.1) is 11.6 Å². The van der Waals surface area contributed by atoms with Gasteiger partial charge in [-0.25, -0.2) is 8.78 Å². The summed E-state index contributed by atoms with van der Waals surface area (Å²) >= 11 is 1.24. The third-order valence-electron chi connectivity index (χ3n) is 4.73. The summed E-state index contributed by atoms with van der Waals surface area (Å²) in [6, 6.07) is 14.0. The van der Waals surface area contributed by atoms with Gasteiger partial charge >= 0.3 is 0 Å². The molecule has 0 saturated heterocycles. The predicted molar refractivity (Wildman–Crippen MR) is 97.6 cm³/mol. The van der Waals surface area contributed by atoms with Crippen molar-refractivity contribution >= 4 is 17.7 Å². The molecule has 2 aromatic rings. The topological polar surface area (TPSA) is 29.1 Å². The van der Waals surface area contributed by atoms with E-state index in [0.29, 0.717) is 6.54 Å². The van der Waals surface area contributed by atoms with Crippen molar-refractivity contribution in [3.05, 3.63) is 71.3 Å². The molecule has 2 nitrogen and oxygen atoms in total. The summed E-state index contributed by atoms with van der Waals surface area (Å²) in [6.07, 6.45) is 2.14. The standard InChI is InChI=1S/C20H21F2NOS/c1-14(19-16(21)8-5-9-17(19)22)25-12-18(24)23-13-20(10-11-20)15-6-3-2-4-7-15/h2-9,14H,10-13H2,1H3,(H,23,24). The van der Waals surface area contributed by atoms with Gasteiger partial charge in [-0.1, -0.05) is 36.4 Å². The summed E-state index contributed by atoms with van der Waals surface area (Å²) in [5.74, 6) is -1.06. The molecule has 25 heavy (non-hydrogen) atoms. The highest BCUT2D eigenvalue weighted by Gasteiger charge is 2.44. The van der Waals surface area contributed by atoms with E-state index in [-0.39, 0.29) is 22.6 Å². The molecule has 132 valence electrons. The monoisotopic (exact) mass is 361 g/mol. The van der Waals surface area contributed by atoms with E-state index in [2.05, 4.69) is 17.4 Å². The largest absolute Gasteiger partial charge is 0.354 e. The van der Waals surface area contributed by atoms with E-state index in [4.69, 9.17) is 0 Å². The molecule has 2 aromatic carbocycles. The first-order valence-electron chi connectivity index (χ1n) is 8.39. The fourth-order valence-electron chi connectivity index (χ4n) is 3.01. The average Bonchev–Trinajstić information content (AvgIpc) is 3.40. The summed E-state index contributed by atoms with van der Waals surface area (Å²) < 4.78 is 27.5. The summed E-state index contributed by atoms with van der Waals surface area (Å²) in [4.78, 5) is 12.1. The molecule has 0 radical (unpaired) electrons. The summed E-state index contributed by atoms with van der Waals surface area (Å²) in [5.41, 5.74) is 1.35. The van der Waals surface area contributed by atoms with Crippen molar-refractivity contribution in [2.45, 2.75) is 30.4 Å². The van der Waals surface area contributed by atoms with Crippen molar-refractivity contribution in [2.75, 3.05) is 12.3 Å². The van der Waals surface area contributed by atoms with Crippen LogP contribution in [0.2, 0.25) is 0 Å². The molecule has 0 aromatic heterocycles. The number of amides is 1. The fourth-order valence-corrected chi connectivity index (χ4v) is 3.91.